The van der Waals surface area contributed by atoms with Crippen LogP contribution >= 0.6 is 11.6 Å². The maximum atomic E-state index is 13.7. The molecule has 0 saturated carbocycles. The molecule has 2 N–H and O–H groups in total. The third-order valence-electron chi connectivity index (χ3n) is 3.07. The van der Waals surface area contributed by atoms with E-state index < -0.39 is 17.2 Å². The van der Waals surface area contributed by atoms with Gasteiger partial charge in [-0.3, -0.25) is 0 Å². The van der Waals surface area contributed by atoms with Gasteiger partial charge in [-0.15, -0.1) is 0 Å². The van der Waals surface area contributed by atoms with E-state index in [0.29, 0.717) is 5.02 Å². The van der Waals surface area contributed by atoms with Gasteiger partial charge in [0.15, 0.2) is 11.6 Å². The van der Waals surface area contributed by atoms with Crippen molar-refractivity contribution in [2.24, 2.45) is 5.73 Å². The first kappa shape index (κ1) is 14.0. The second kappa shape index (κ2) is 5.27. The lowest BCUT2D eigenvalue weighted by molar-refractivity contribution is 0.454. The first-order valence-electron chi connectivity index (χ1n) is 5.88. The summed E-state index contributed by atoms with van der Waals surface area (Å²) in [5.74, 6) is -1.71. The average Bonchev–Trinajstić information content (AvgIpc) is 2.35. The van der Waals surface area contributed by atoms with Gasteiger partial charge in [0, 0.05) is 10.6 Å². The van der Waals surface area contributed by atoms with E-state index in [2.05, 4.69) is 0 Å². The normalized spacial score (nSPS) is 14.2. The van der Waals surface area contributed by atoms with Crippen LogP contribution in [0.1, 0.15) is 18.1 Å². The summed E-state index contributed by atoms with van der Waals surface area (Å²) in [6.07, 6.45) is 0.191. The zero-order valence-corrected chi connectivity index (χ0v) is 11.2. The number of rotatable bonds is 3. The second-order valence-electron chi connectivity index (χ2n) is 4.82. The van der Waals surface area contributed by atoms with Gasteiger partial charge in [-0.25, -0.2) is 8.78 Å². The third-order valence-corrected chi connectivity index (χ3v) is 3.31. The number of benzene rings is 2. The van der Waals surface area contributed by atoms with E-state index in [1.165, 1.54) is 12.1 Å². The van der Waals surface area contributed by atoms with Gasteiger partial charge in [-0.1, -0.05) is 35.9 Å². The van der Waals surface area contributed by atoms with Crippen molar-refractivity contribution < 1.29 is 8.78 Å². The fourth-order valence-corrected chi connectivity index (χ4v) is 2.22. The van der Waals surface area contributed by atoms with Crippen LogP contribution in [0.5, 0.6) is 0 Å². The standard InChI is InChI=1S/C15H14ClF2N/c1-15(19,11-5-3-6-12(16)8-11)9-10-4-2-7-13(17)14(10)18/h2-8H,9,19H2,1H3. The largest absolute Gasteiger partial charge is 0.321 e. The van der Waals surface area contributed by atoms with Crippen molar-refractivity contribution in [2.45, 2.75) is 18.9 Å². The Morgan fingerprint density at radius 2 is 1.84 bits per heavy atom. The molecule has 2 rings (SSSR count). The molecule has 1 nitrogen and oxygen atoms in total. The van der Waals surface area contributed by atoms with E-state index in [-0.39, 0.29) is 12.0 Å². The molecule has 19 heavy (non-hydrogen) atoms. The van der Waals surface area contributed by atoms with Crippen molar-refractivity contribution in [1.82, 2.24) is 0 Å². The summed E-state index contributed by atoms with van der Waals surface area (Å²) in [7, 11) is 0. The molecule has 0 aliphatic carbocycles. The van der Waals surface area contributed by atoms with Crippen molar-refractivity contribution >= 4 is 11.6 Å². The monoisotopic (exact) mass is 281 g/mol. The Morgan fingerprint density at radius 3 is 2.53 bits per heavy atom. The SMILES string of the molecule is CC(N)(Cc1cccc(F)c1F)c1cccc(Cl)c1. The zero-order valence-electron chi connectivity index (χ0n) is 10.5. The minimum Gasteiger partial charge on any atom is -0.321 e. The number of halogens is 3. The van der Waals surface area contributed by atoms with Crippen LogP contribution in [0.15, 0.2) is 42.5 Å². The van der Waals surface area contributed by atoms with Crippen LogP contribution in [0.25, 0.3) is 0 Å². The molecule has 0 bridgehead atoms. The van der Waals surface area contributed by atoms with Crippen LogP contribution in [0.4, 0.5) is 8.78 Å². The third kappa shape index (κ3) is 3.11. The molecule has 0 fully saturated rings. The Hall–Kier alpha value is -1.45. The molecule has 0 aromatic heterocycles. The summed E-state index contributed by atoms with van der Waals surface area (Å²) in [6.45, 7) is 1.77. The average molecular weight is 282 g/mol. The first-order chi connectivity index (χ1) is 8.90. The van der Waals surface area contributed by atoms with Gasteiger partial charge in [0.2, 0.25) is 0 Å². The quantitative estimate of drug-likeness (QED) is 0.903. The molecule has 0 heterocycles. The highest BCUT2D eigenvalue weighted by atomic mass is 35.5. The van der Waals surface area contributed by atoms with E-state index in [4.69, 9.17) is 17.3 Å². The Labute approximate surface area is 116 Å². The zero-order chi connectivity index (χ0) is 14.0. The van der Waals surface area contributed by atoms with Crippen LogP contribution in [-0.4, -0.2) is 0 Å². The van der Waals surface area contributed by atoms with E-state index in [0.717, 1.165) is 11.6 Å². The molecule has 0 spiro atoms. The molecule has 0 radical (unpaired) electrons. The van der Waals surface area contributed by atoms with Crippen molar-refractivity contribution in [3.05, 3.63) is 70.2 Å². The number of hydrogen-bond donors (Lipinski definition) is 1. The van der Waals surface area contributed by atoms with Gasteiger partial charge < -0.3 is 5.73 Å². The summed E-state index contributed by atoms with van der Waals surface area (Å²) < 4.78 is 26.9. The Bertz CT molecular complexity index is 596. The minimum atomic E-state index is -0.862. The number of hydrogen-bond acceptors (Lipinski definition) is 1. The van der Waals surface area contributed by atoms with Crippen LogP contribution in [0.2, 0.25) is 5.02 Å². The van der Waals surface area contributed by atoms with Crippen molar-refractivity contribution in [2.75, 3.05) is 0 Å². The molecule has 4 heteroatoms. The van der Waals surface area contributed by atoms with E-state index in [9.17, 15) is 8.78 Å². The van der Waals surface area contributed by atoms with Gasteiger partial charge in [-0.05, 0) is 42.7 Å². The van der Waals surface area contributed by atoms with E-state index >= 15 is 0 Å². The molecule has 1 unspecified atom stereocenters. The minimum absolute atomic E-state index is 0.191. The van der Waals surface area contributed by atoms with Crippen molar-refractivity contribution in [1.29, 1.82) is 0 Å². The summed E-state index contributed by atoms with van der Waals surface area (Å²) >= 11 is 5.92. The summed E-state index contributed by atoms with van der Waals surface area (Å²) in [4.78, 5) is 0. The highest BCUT2D eigenvalue weighted by Gasteiger charge is 2.24. The molecule has 100 valence electrons. The van der Waals surface area contributed by atoms with Gasteiger partial charge in [0.25, 0.3) is 0 Å². The highest BCUT2D eigenvalue weighted by molar-refractivity contribution is 6.30. The predicted molar refractivity (Wildman–Crippen MR) is 73.1 cm³/mol. The number of nitrogens with two attached hydrogens (primary N) is 1. The van der Waals surface area contributed by atoms with Crippen LogP contribution in [-0.2, 0) is 12.0 Å². The van der Waals surface area contributed by atoms with Crippen molar-refractivity contribution in [3.8, 4) is 0 Å². The van der Waals surface area contributed by atoms with Gasteiger partial charge in [-0.2, -0.15) is 0 Å². The fourth-order valence-electron chi connectivity index (χ4n) is 2.03. The molecule has 0 aliphatic heterocycles. The van der Waals surface area contributed by atoms with Crippen molar-refractivity contribution in [3.63, 3.8) is 0 Å². The summed E-state index contributed by atoms with van der Waals surface area (Å²) in [6, 6.07) is 11.2. The van der Waals surface area contributed by atoms with Gasteiger partial charge in [0.05, 0.1) is 0 Å². The Kier molecular flexibility index (Phi) is 3.88. The predicted octanol–water partition coefficient (Wildman–Crippen LogP) is 4.03. The maximum absolute atomic E-state index is 13.7. The summed E-state index contributed by atoms with van der Waals surface area (Å²) in [5.41, 5.74) is 6.43. The molecular formula is C15H14ClF2N. The van der Waals surface area contributed by atoms with Crippen LogP contribution < -0.4 is 5.73 Å². The fraction of sp³-hybridized carbons (Fsp3) is 0.200. The summed E-state index contributed by atoms with van der Waals surface area (Å²) in [5, 5.41) is 0.564. The highest BCUT2D eigenvalue weighted by Crippen LogP contribution is 2.26. The lowest BCUT2D eigenvalue weighted by atomic mass is 9.86. The maximum Gasteiger partial charge on any atom is 0.162 e. The topological polar surface area (TPSA) is 26.0 Å². The van der Waals surface area contributed by atoms with Gasteiger partial charge in [0.1, 0.15) is 0 Å². The van der Waals surface area contributed by atoms with Crippen LogP contribution in [0.3, 0.4) is 0 Å². The Balaban J connectivity index is 2.33. The van der Waals surface area contributed by atoms with E-state index in [1.54, 1.807) is 25.1 Å². The molecule has 2 aromatic carbocycles. The van der Waals surface area contributed by atoms with E-state index in [1.807, 2.05) is 6.07 Å². The molecular weight excluding hydrogens is 268 g/mol. The van der Waals surface area contributed by atoms with Crippen LogP contribution in [0, 0.1) is 11.6 Å². The molecule has 0 aliphatic rings. The first-order valence-corrected chi connectivity index (χ1v) is 6.26. The van der Waals surface area contributed by atoms with Gasteiger partial charge >= 0.3 is 0 Å². The smallest absolute Gasteiger partial charge is 0.162 e. The molecule has 0 saturated heterocycles. The Morgan fingerprint density at radius 1 is 1.16 bits per heavy atom. The lowest BCUT2D eigenvalue weighted by Gasteiger charge is -2.26. The molecule has 2 aromatic rings. The lowest BCUT2D eigenvalue weighted by Crippen LogP contribution is -2.35. The second-order valence-corrected chi connectivity index (χ2v) is 5.25. The molecule has 1 atom stereocenters. The molecule has 0 amide bonds.